The third-order valence-electron chi connectivity index (χ3n) is 4.32. The van der Waals surface area contributed by atoms with E-state index in [1.54, 1.807) is 11.0 Å². The first-order valence-electron chi connectivity index (χ1n) is 8.01. The molecule has 7 nitrogen and oxygen atoms in total. The third-order valence-corrected chi connectivity index (χ3v) is 4.32. The molecule has 1 aliphatic rings. The summed E-state index contributed by atoms with van der Waals surface area (Å²) in [7, 11) is 4.09. The first-order chi connectivity index (χ1) is 10.7. The van der Waals surface area contributed by atoms with Crippen LogP contribution in [-0.2, 0) is 7.05 Å². The predicted octanol–water partition coefficient (Wildman–Crippen LogP) is 0.803. The van der Waals surface area contributed by atoms with Crippen LogP contribution in [0.15, 0.2) is 12.5 Å². The molecule has 0 saturated carbocycles. The van der Waals surface area contributed by atoms with E-state index in [9.17, 15) is 0 Å². The van der Waals surface area contributed by atoms with Crippen LogP contribution in [0.1, 0.15) is 12.8 Å². The lowest BCUT2D eigenvalue weighted by Crippen LogP contribution is -2.44. The zero-order valence-electron chi connectivity index (χ0n) is 13.5. The van der Waals surface area contributed by atoms with Gasteiger partial charge in [-0.2, -0.15) is 5.10 Å². The maximum Gasteiger partial charge on any atom is 0.163 e. The van der Waals surface area contributed by atoms with Crippen LogP contribution in [0.25, 0.3) is 11.0 Å². The zero-order valence-corrected chi connectivity index (χ0v) is 13.5. The molecular weight excluding hydrogens is 278 g/mol. The normalized spacial score (nSPS) is 17.2. The number of aryl methyl sites for hydroxylation is 1. The van der Waals surface area contributed by atoms with E-state index < -0.39 is 0 Å². The summed E-state index contributed by atoms with van der Waals surface area (Å²) in [6.07, 6.45) is 5.79. The number of nitrogens with one attached hydrogen (secondary N) is 1. The highest BCUT2D eigenvalue weighted by Gasteiger charge is 2.12. The zero-order chi connectivity index (χ0) is 15.4. The Morgan fingerprint density at radius 3 is 2.73 bits per heavy atom. The minimum Gasteiger partial charge on any atom is -0.369 e. The monoisotopic (exact) mass is 303 g/mol. The fourth-order valence-corrected chi connectivity index (χ4v) is 2.84. The second kappa shape index (κ2) is 7.02. The van der Waals surface area contributed by atoms with E-state index in [1.807, 2.05) is 13.2 Å². The van der Waals surface area contributed by atoms with Crippen molar-refractivity contribution in [2.24, 2.45) is 7.05 Å². The maximum absolute atomic E-state index is 4.32. The molecule has 1 aliphatic heterocycles. The van der Waals surface area contributed by atoms with Gasteiger partial charge in [-0.3, -0.25) is 4.68 Å². The van der Waals surface area contributed by atoms with Crippen molar-refractivity contribution in [3.8, 4) is 0 Å². The van der Waals surface area contributed by atoms with Gasteiger partial charge in [0.2, 0.25) is 0 Å². The second-order valence-corrected chi connectivity index (χ2v) is 6.01. The van der Waals surface area contributed by atoms with E-state index in [1.165, 1.54) is 39.1 Å². The number of hydrogen-bond acceptors (Lipinski definition) is 6. The van der Waals surface area contributed by atoms with Gasteiger partial charge in [-0.15, -0.1) is 0 Å². The molecule has 0 atom stereocenters. The van der Waals surface area contributed by atoms with Crippen LogP contribution < -0.4 is 5.32 Å². The van der Waals surface area contributed by atoms with E-state index in [-0.39, 0.29) is 0 Å². The summed E-state index contributed by atoms with van der Waals surface area (Å²) >= 11 is 0. The highest BCUT2D eigenvalue weighted by atomic mass is 15.3. The lowest BCUT2D eigenvalue weighted by molar-refractivity contribution is 0.152. The summed E-state index contributed by atoms with van der Waals surface area (Å²) < 4.78 is 1.77. The van der Waals surface area contributed by atoms with Crippen LogP contribution in [0.3, 0.4) is 0 Å². The molecule has 3 rings (SSSR count). The van der Waals surface area contributed by atoms with Crippen molar-refractivity contribution in [3.63, 3.8) is 0 Å². The number of rotatable bonds is 6. The molecule has 1 fully saturated rings. The molecule has 0 amide bonds. The smallest absolute Gasteiger partial charge is 0.163 e. The molecule has 1 saturated heterocycles. The average Bonchev–Trinajstić information content (AvgIpc) is 2.91. The Balaban J connectivity index is 1.41. The summed E-state index contributed by atoms with van der Waals surface area (Å²) in [4.78, 5) is 13.5. The minimum absolute atomic E-state index is 0.870. The third kappa shape index (κ3) is 3.53. The summed E-state index contributed by atoms with van der Waals surface area (Å²) in [5, 5.41) is 8.64. The number of likely N-dealkylation sites (N-methyl/N-ethyl adjacent to an activating group) is 1. The highest BCUT2D eigenvalue weighted by molar-refractivity contribution is 5.85. The lowest BCUT2D eigenvalue weighted by atomic mass is 10.2. The summed E-state index contributed by atoms with van der Waals surface area (Å²) in [6.45, 7) is 6.92. The minimum atomic E-state index is 0.870. The number of hydrogen-bond donors (Lipinski definition) is 1. The Bertz CT molecular complexity index is 601. The van der Waals surface area contributed by atoms with Gasteiger partial charge in [0.05, 0.1) is 11.6 Å². The van der Waals surface area contributed by atoms with Gasteiger partial charge in [-0.05, 0) is 26.4 Å². The SMILES string of the molecule is CN1CCN(CCCCNc2ncnc3c2cnn3C)CC1. The molecule has 0 aliphatic carbocycles. The van der Waals surface area contributed by atoms with Crippen molar-refractivity contribution >= 4 is 16.9 Å². The van der Waals surface area contributed by atoms with Gasteiger partial charge >= 0.3 is 0 Å². The van der Waals surface area contributed by atoms with E-state index in [4.69, 9.17) is 0 Å². The fourth-order valence-electron chi connectivity index (χ4n) is 2.84. The number of fused-ring (bicyclic) bond motifs is 1. The number of aromatic nitrogens is 4. The largest absolute Gasteiger partial charge is 0.369 e. The Morgan fingerprint density at radius 1 is 1.09 bits per heavy atom. The number of unbranched alkanes of at least 4 members (excludes halogenated alkanes) is 1. The highest BCUT2D eigenvalue weighted by Crippen LogP contribution is 2.17. The molecule has 7 heteroatoms. The molecule has 0 bridgehead atoms. The Morgan fingerprint density at radius 2 is 1.91 bits per heavy atom. The molecule has 120 valence electrons. The summed E-state index contributed by atoms with van der Waals surface area (Å²) in [5.74, 6) is 0.887. The molecular formula is C15H25N7. The second-order valence-electron chi connectivity index (χ2n) is 6.01. The van der Waals surface area contributed by atoms with Gasteiger partial charge in [-0.25, -0.2) is 9.97 Å². The molecule has 22 heavy (non-hydrogen) atoms. The van der Waals surface area contributed by atoms with Gasteiger partial charge in [0.1, 0.15) is 12.1 Å². The number of nitrogens with zero attached hydrogens (tertiary/aromatic N) is 6. The van der Waals surface area contributed by atoms with Gasteiger partial charge in [0, 0.05) is 39.8 Å². The molecule has 0 aromatic carbocycles. The van der Waals surface area contributed by atoms with Crippen molar-refractivity contribution in [2.45, 2.75) is 12.8 Å². The van der Waals surface area contributed by atoms with Crippen LogP contribution in [0.4, 0.5) is 5.82 Å². The number of anilines is 1. The van der Waals surface area contributed by atoms with Crippen LogP contribution in [-0.4, -0.2) is 75.9 Å². The molecule has 2 aromatic heterocycles. The van der Waals surface area contributed by atoms with Crippen LogP contribution in [0, 0.1) is 0 Å². The first-order valence-corrected chi connectivity index (χ1v) is 8.01. The topological polar surface area (TPSA) is 62.1 Å². The quantitative estimate of drug-likeness (QED) is 0.797. The van der Waals surface area contributed by atoms with Gasteiger partial charge in [0.15, 0.2) is 5.65 Å². The van der Waals surface area contributed by atoms with Gasteiger partial charge < -0.3 is 15.1 Å². The van der Waals surface area contributed by atoms with E-state index in [0.717, 1.165) is 29.8 Å². The standard InChI is InChI=1S/C15H25N7/c1-20-7-9-22(10-8-20)6-4-3-5-16-14-13-11-19-21(2)15(13)18-12-17-14/h11-12H,3-10H2,1-2H3,(H,16,17,18). The maximum atomic E-state index is 4.32. The van der Waals surface area contributed by atoms with Crippen molar-refractivity contribution < 1.29 is 0 Å². The van der Waals surface area contributed by atoms with Gasteiger partial charge in [0.25, 0.3) is 0 Å². The molecule has 0 unspecified atom stereocenters. The Kier molecular flexibility index (Phi) is 4.84. The summed E-state index contributed by atoms with van der Waals surface area (Å²) in [5.41, 5.74) is 0.870. The van der Waals surface area contributed by atoms with Crippen molar-refractivity contribution in [3.05, 3.63) is 12.5 Å². The molecule has 2 aromatic rings. The predicted molar refractivity (Wildman–Crippen MR) is 88.0 cm³/mol. The van der Waals surface area contributed by atoms with Crippen molar-refractivity contribution in [1.82, 2.24) is 29.5 Å². The average molecular weight is 303 g/mol. The molecule has 1 N–H and O–H groups in total. The van der Waals surface area contributed by atoms with Crippen LogP contribution >= 0.6 is 0 Å². The first kappa shape index (κ1) is 15.2. The molecule has 3 heterocycles. The van der Waals surface area contributed by atoms with Crippen molar-refractivity contribution in [2.75, 3.05) is 51.6 Å². The summed E-state index contributed by atoms with van der Waals surface area (Å²) in [6, 6.07) is 0. The van der Waals surface area contributed by atoms with Gasteiger partial charge in [-0.1, -0.05) is 0 Å². The van der Waals surface area contributed by atoms with Crippen molar-refractivity contribution in [1.29, 1.82) is 0 Å². The van der Waals surface area contributed by atoms with E-state index in [0.29, 0.717) is 0 Å². The number of piperazine rings is 1. The Hall–Kier alpha value is -1.73. The van der Waals surface area contributed by atoms with Crippen LogP contribution in [0.5, 0.6) is 0 Å². The molecule has 0 radical (unpaired) electrons. The van der Waals surface area contributed by atoms with E-state index >= 15 is 0 Å². The molecule has 0 spiro atoms. The van der Waals surface area contributed by atoms with E-state index in [2.05, 4.69) is 37.2 Å². The Labute approximate surface area is 131 Å². The van der Waals surface area contributed by atoms with Crippen LogP contribution in [0.2, 0.25) is 0 Å². The fraction of sp³-hybridized carbons (Fsp3) is 0.667. The lowest BCUT2D eigenvalue weighted by Gasteiger charge is -2.32.